The van der Waals surface area contributed by atoms with Gasteiger partial charge in [-0.25, -0.2) is 13.1 Å². The van der Waals surface area contributed by atoms with Crippen LogP contribution in [0, 0.1) is 0 Å². The monoisotopic (exact) mass is 307 g/mol. The molecule has 0 aliphatic rings. The number of fused-ring (bicyclic) bond motifs is 1. The van der Waals surface area contributed by atoms with E-state index in [-0.39, 0.29) is 12.2 Å². The largest absolute Gasteiger partial charge is 0.368 e. The van der Waals surface area contributed by atoms with Crippen molar-refractivity contribution in [3.05, 3.63) is 48.7 Å². The fourth-order valence-electron chi connectivity index (χ4n) is 2.14. The summed E-state index contributed by atoms with van der Waals surface area (Å²) in [5.74, 6) is -0.974. The Hall–Kier alpha value is -2.12. The van der Waals surface area contributed by atoms with E-state index in [9.17, 15) is 13.2 Å². The Balaban J connectivity index is 2.24. The van der Waals surface area contributed by atoms with Crippen molar-refractivity contribution in [1.29, 1.82) is 0 Å². The van der Waals surface area contributed by atoms with Gasteiger partial charge in [0.25, 0.3) is 0 Å². The van der Waals surface area contributed by atoms with Crippen molar-refractivity contribution < 1.29 is 13.2 Å². The number of carbonyl (C=O) groups excluding carboxylic acids is 1. The maximum Gasteiger partial charge on any atom is 0.235 e. The van der Waals surface area contributed by atoms with Crippen LogP contribution in [0.1, 0.15) is 5.56 Å². The molecule has 0 saturated heterocycles. The predicted molar refractivity (Wildman–Crippen MR) is 82.1 cm³/mol. The van der Waals surface area contributed by atoms with Crippen LogP contribution in [0.3, 0.4) is 0 Å². The number of aromatic nitrogens is 1. The molecule has 112 valence electrons. The summed E-state index contributed by atoms with van der Waals surface area (Å²) in [5, 5.41) is 0.937. The van der Waals surface area contributed by atoms with Gasteiger partial charge in [-0.2, -0.15) is 0 Å². The molecule has 0 saturated carbocycles. The number of primary amides is 1. The molecule has 1 aromatic carbocycles. The number of para-hydroxylation sites is 1. The number of hydrogen-bond acceptors (Lipinski definition) is 3. The van der Waals surface area contributed by atoms with Crippen LogP contribution in [0.5, 0.6) is 0 Å². The quantitative estimate of drug-likeness (QED) is 0.655. The van der Waals surface area contributed by atoms with Gasteiger partial charge in [-0.1, -0.05) is 24.3 Å². The highest BCUT2D eigenvalue weighted by molar-refractivity contribution is 7.89. The van der Waals surface area contributed by atoms with Crippen molar-refractivity contribution in [2.24, 2.45) is 5.73 Å². The van der Waals surface area contributed by atoms with Crippen molar-refractivity contribution in [2.75, 3.05) is 5.75 Å². The number of H-pyrrole nitrogens is 1. The van der Waals surface area contributed by atoms with E-state index in [0.717, 1.165) is 16.5 Å². The molecule has 0 unspecified atom stereocenters. The zero-order valence-corrected chi connectivity index (χ0v) is 12.2. The highest BCUT2D eigenvalue weighted by Gasteiger charge is 2.23. The highest BCUT2D eigenvalue weighted by Crippen LogP contribution is 2.19. The lowest BCUT2D eigenvalue weighted by Gasteiger charge is -2.14. The molecule has 0 radical (unpaired) electrons. The molecule has 0 aliphatic heterocycles. The van der Waals surface area contributed by atoms with Gasteiger partial charge in [-0.3, -0.25) is 4.79 Å². The van der Waals surface area contributed by atoms with Gasteiger partial charge in [-0.15, -0.1) is 6.58 Å². The second-order valence-corrected chi connectivity index (χ2v) is 6.51. The van der Waals surface area contributed by atoms with Gasteiger partial charge in [0.15, 0.2) is 0 Å². The van der Waals surface area contributed by atoms with Crippen LogP contribution in [-0.2, 0) is 21.2 Å². The fraction of sp³-hybridized carbons (Fsp3) is 0.214. The molecule has 1 aromatic heterocycles. The zero-order chi connectivity index (χ0) is 15.5. The van der Waals surface area contributed by atoms with Gasteiger partial charge in [0, 0.05) is 17.1 Å². The molecule has 2 rings (SSSR count). The summed E-state index contributed by atoms with van der Waals surface area (Å²) in [6, 6.07) is 6.58. The molecule has 4 N–H and O–H groups in total. The summed E-state index contributed by atoms with van der Waals surface area (Å²) < 4.78 is 25.8. The van der Waals surface area contributed by atoms with Crippen molar-refractivity contribution in [3.8, 4) is 0 Å². The lowest BCUT2D eigenvalue weighted by atomic mass is 10.1. The molecule has 0 spiro atoms. The summed E-state index contributed by atoms with van der Waals surface area (Å²) in [6.45, 7) is 3.37. The second-order valence-electron chi connectivity index (χ2n) is 4.71. The first-order chi connectivity index (χ1) is 9.93. The van der Waals surface area contributed by atoms with Gasteiger partial charge in [0.05, 0.1) is 5.75 Å². The molecule has 1 heterocycles. The van der Waals surface area contributed by atoms with Crippen molar-refractivity contribution >= 4 is 26.8 Å². The number of carbonyl (C=O) groups is 1. The summed E-state index contributed by atoms with van der Waals surface area (Å²) in [6.07, 6.45) is 3.20. The minimum atomic E-state index is -3.61. The molecule has 0 fully saturated rings. The highest BCUT2D eigenvalue weighted by atomic mass is 32.2. The number of nitrogens with one attached hydrogen (secondary N) is 2. The van der Waals surface area contributed by atoms with E-state index in [1.54, 1.807) is 6.20 Å². The van der Waals surface area contributed by atoms with Crippen LogP contribution in [0.15, 0.2) is 43.1 Å². The predicted octanol–water partition coefficient (Wildman–Crippen LogP) is 0.670. The first kappa shape index (κ1) is 15.3. The van der Waals surface area contributed by atoms with Crippen molar-refractivity contribution in [2.45, 2.75) is 12.5 Å². The third kappa shape index (κ3) is 3.71. The Morgan fingerprint density at radius 2 is 2.14 bits per heavy atom. The lowest BCUT2D eigenvalue weighted by Crippen LogP contribution is -2.46. The summed E-state index contributed by atoms with van der Waals surface area (Å²) >= 11 is 0. The fourth-order valence-corrected chi connectivity index (χ4v) is 3.18. The standard InChI is InChI=1S/C14H17N3O3S/c1-2-7-21(19,20)17-13(14(15)18)8-10-9-16-12-6-4-3-5-11(10)12/h2-6,9,13,16-17H,1,7-8H2,(H2,15,18)/t13-/m0/s1. The van der Waals surface area contributed by atoms with Crippen LogP contribution >= 0.6 is 0 Å². The number of aromatic amines is 1. The van der Waals surface area contributed by atoms with Gasteiger partial charge in [-0.05, 0) is 18.1 Å². The average Bonchev–Trinajstić information content (AvgIpc) is 2.81. The summed E-state index contributed by atoms with van der Waals surface area (Å²) in [4.78, 5) is 14.6. The number of amides is 1. The van der Waals surface area contributed by atoms with E-state index in [1.807, 2.05) is 24.3 Å². The van der Waals surface area contributed by atoms with E-state index in [1.165, 1.54) is 6.08 Å². The smallest absolute Gasteiger partial charge is 0.235 e. The zero-order valence-electron chi connectivity index (χ0n) is 11.4. The van der Waals surface area contributed by atoms with Crippen LogP contribution in [0.2, 0.25) is 0 Å². The first-order valence-electron chi connectivity index (χ1n) is 6.38. The molecular weight excluding hydrogens is 290 g/mol. The molecule has 1 amide bonds. The SMILES string of the molecule is C=CCS(=O)(=O)N[C@@H](Cc1c[nH]c2ccccc12)C(N)=O. The molecule has 7 heteroatoms. The summed E-state index contributed by atoms with van der Waals surface area (Å²) in [5.41, 5.74) is 7.05. The van der Waals surface area contributed by atoms with Crippen LogP contribution in [0.4, 0.5) is 0 Å². The van der Waals surface area contributed by atoms with Gasteiger partial charge >= 0.3 is 0 Å². The van der Waals surface area contributed by atoms with Crippen molar-refractivity contribution in [1.82, 2.24) is 9.71 Å². The topological polar surface area (TPSA) is 105 Å². The van der Waals surface area contributed by atoms with E-state index >= 15 is 0 Å². The second kappa shape index (κ2) is 6.11. The normalized spacial score (nSPS) is 13.1. The first-order valence-corrected chi connectivity index (χ1v) is 8.03. The maximum absolute atomic E-state index is 11.7. The lowest BCUT2D eigenvalue weighted by molar-refractivity contribution is -0.119. The third-order valence-electron chi connectivity index (χ3n) is 3.10. The Kier molecular flexibility index (Phi) is 4.44. The van der Waals surface area contributed by atoms with Crippen molar-refractivity contribution in [3.63, 3.8) is 0 Å². The number of hydrogen-bond donors (Lipinski definition) is 3. The molecule has 0 bridgehead atoms. The Morgan fingerprint density at radius 3 is 2.81 bits per heavy atom. The number of rotatable bonds is 7. The molecule has 2 aromatic rings. The average molecular weight is 307 g/mol. The van der Waals surface area contributed by atoms with E-state index in [4.69, 9.17) is 5.73 Å². The minimum Gasteiger partial charge on any atom is -0.368 e. The number of sulfonamides is 1. The Labute approximate surface area is 123 Å². The molecular formula is C14H17N3O3S. The molecule has 21 heavy (non-hydrogen) atoms. The van der Waals surface area contributed by atoms with Crippen LogP contribution in [0.25, 0.3) is 10.9 Å². The number of nitrogens with two attached hydrogens (primary N) is 1. The Morgan fingerprint density at radius 1 is 1.43 bits per heavy atom. The van der Waals surface area contributed by atoms with Gasteiger partial charge in [0.2, 0.25) is 15.9 Å². The molecule has 0 aliphatic carbocycles. The molecule has 1 atom stereocenters. The third-order valence-corrected chi connectivity index (χ3v) is 4.42. The van der Waals surface area contributed by atoms with E-state index in [0.29, 0.717) is 0 Å². The van der Waals surface area contributed by atoms with E-state index in [2.05, 4.69) is 16.3 Å². The van der Waals surface area contributed by atoms with Gasteiger partial charge < -0.3 is 10.7 Å². The summed E-state index contributed by atoms with van der Waals surface area (Å²) in [7, 11) is -3.61. The number of benzene rings is 1. The van der Waals surface area contributed by atoms with Gasteiger partial charge in [0.1, 0.15) is 6.04 Å². The van der Waals surface area contributed by atoms with Crippen LogP contribution in [-0.4, -0.2) is 31.1 Å². The maximum atomic E-state index is 11.7. The van der Waals surface area contributed by atoms with E-state index < -0.39 is 22.0 Å². The molecule has 6 nitrogen and oxygen atoms in total. The van der Waals surface area contributed by atoms with Crippen LogP contribution < -0.4 is 10.5 Å². The minimum absolute atomic E-state index is 0.190. The Bertz CT molecular complexity index is 765.